The van der Waals surface area contributed by atoms with Crippen molar-refractivity contribution in [3.63, 3.8) is 0 Å². The molecule has 1 heterocycles. The van der Waals surface area contributed by atoms with E-state index in [2.05, 4.69) is 14.4 Å². The maximum atomic E-state index is 14.0. The molecule has 0 amide bonds. The van der Waals surface area contributed by atoms with Crippen molar-refractivity contribution in [3.05, 3.63) is 71.5 Å². The van der Waals surface area contributed by atoms with E-state index in [0.29, 0.717) is 0 Å². The predicted octanol–water partition coefficient (Wildman–Crippen LogP) is 2.46. The highest BCUT2D eigenvalue weighted by Gasteiger charge is 2.35. The average Bonchev–Trinajstić information content (AvgIpc) is 2.83. The van der Waals surface area contributed by atoms with Crippen LogP contribution in [-0.4, -0.2) is 14.3 Å². The molecule has 1 fully saturated rings. The lowest BCUT2D eigenvalue weighted by molar-refractivity contribution is 0.576. The van der Waals surface area contributed by atoms with Gasteiger partial charge in [0.1, 0.15) is 17.7 Å². The molecular formula is C16H16FN3O2S. The summed E-state index contributed by atoms with van der Waals surface area (Å²) in [5, 5.41) is 0. The number of benzene rings is 2. The van der Waals surface area contributed by atoms with Gasteiger partial charge in [0, 0.05) is 5.56 Å². The van der Waals surface area contributed by atoms with Crippen molar-refractivity contribution in [2.24, 2.45) is 4.99 Å². The van der Waals surface area contributed by atoms with Gasteiger partial charge in [0.15, 0.2) is 0 Å². The second kappa shape index (κ2) is 6.10. The Morgan fingerprint density at radius 3 is 2.43 bits per heavy atom. The summed E-state index contributed by atoms with van der Waals surface area (Å²) < 4.78 is 42.4. The van der Waals surface area contributed by atoms with Gasteiger partial charge in [0.2, 0.25) is 0 Å². The van der Waals surface area contributed by atoms with Crippen molar-refractivity contribution in [1.82, 2.24) is 9.44 Å². The van der Waals surface area contributed by atoms with Gasteiger partial charge in [-0.25, -0.2) is 4.39 Å². The van der Waals surface area contributed by atoms with Crippen molar-refractivity contribution in [2.75, 3.05) is 0 Å². The van der Waals surface area contributed by atoms with Gasteiger partial charge in [-0.2, -0.15) is 13.1 Å². The summed E-state index contributed by atoms with van der Waals surface area (Å²) in [6, 6.07) is 14.4. The van der Waals surface area contributed by atoms with Crippen LogP contribution in [0.25, 0.3) is 0 Å². The highest BCUT2D eigenvalue weighted by atomic mass is 32.2. The number of halogens is 1. The van der Waals surface area contributed by atoms with Gasteiger partial charge in [0.05, 0.1) is 6.04 Å². The summed E-state index contributed by atoms with van der Waals surface area (Å²) in [4.78, 5) is 4.44. The lowest BCUT2D eigenvalue weighted by Crippen LogP contribution is -2.24. The second-order valence-electron chi connectivity index (χ2n) is 5.28. The molecule has 1 aliphatic heterocycles. The first-order valence-electron chi connectivity index (χ1n) is 7.13. The number of aliphatic imine (C=N–C) groups is 1. The van der Waals surface area contributed by atoms with Crippen LogP contribution in [-0.2, 0) is 10.2 Å². The molecule has 120 valence electrons. The molecule has 23 heavy (non-hydrogen) atoms. The second-order valence-corrected chi connectivity index (χ2v) is 6.73. The fourth-order valence-electron chi connectivity index (χ4n) is 2.47. The van der Waals surface area contributed by atoms with Crippen LogP contribution in [0, 0.1) is 5.82 Å². The van der Waals surface area contributed by atoms with E-state index in [4.69, 9.17) is 0 Å². The first kappa shape index (κ1) is 15.6. The van der Waals surface area contributed by atoms with E-state index in [-0.39, 0.29) is 17.4 Å². The Kier molecular flexibility index (Phi) is 4.14. The molecule has 0 radical (unpaired) electrons. The summed E-state index contributed by atoms with van der Waals surface area (Å²) in [7, 11) is -3.73. The zero-order valence-corrected chi connectivity index (χ0v) is 13.2. The predicted molar refractivity (Wildman–Crippen MR) is 86.6 cm³/mol. The van der Waals surface area contributed by atoms with E-state index >= 15 is 0 Å². The van der Waals surface area contributed by atoms with Crippen molar-refractivity contribution < 1.29 is 12.8 Å². The summed E-state index contributed by atoms with van der Waals surface area (Å²) in [6.45, 7) is 1.85. The molecule has 2 aromatic rings. The molecule has 0 spiro atoms. The minimum Gasteiger partial charge on any atom is -0.262 e. The van der Waals surface area contributed by atoms with Gasteiger partial charge in [-0.1, -0.05) is 48.5 Å². The maximum Gasteiger partial charge on any atom is 0.301 e. The molecule has 0 aromatic heterocycles. The molecule has 2 unspecified atom stereocenters. The molecule has 1 saturated heterocycles. The minimum absolute atomic E-state index is 0.187. The van der Waals surface area contributed by atoms with Crippen LogP contribution < -0.4 is 9.44 Å². The van der Waals surface area contributed by atoms with Gasteiger partial charge >= 0.3 is 10.2 Å². The summed E-state index contributed by atoms with van der Waals surface area (Å²) in [6.07, 6.45) is 0. The van der Waals surface area contributed by atoms with E-state index in [9.17, 15) is 12.8 Å². The van der Waals surface area contributed by atoms with Crippen molar-refractivity contribution in [2.45, 2.75) is 19.0 Å². The summed E-state index contributed by atoms with van der Waals surface area (Å²) >= 11 is 0. The van der Waals surface area contributed by atoms with Crippen LogP contribution in [0.1, 0.15) is 30.1 Å². The van der Waals surface area contributed by atoms with Crippen LogP contribution in [0.3, 0.4) is 0 Å². The third-order valence-electron chi connectivity index (χ3n) is 3.62. The van der Waals surface area contributed by atoms with E-state index < -0.39 is 22.1 Å². The Morgan fingerprint density at radius 1 is 1.09 bits per heavy atom. The van der Waals surface area contributed by atoms with Gasteiger partial charge < -0.3 is 0 Å². The van der Waals surface area contributed by atoms with E-state index in [0.717, 1.165) is 5.56 Å². The Bertz CT molecular complexity index is 837. The van der Waals surface area contributed by atoms with E-state index in [1.165, 1.54) is 12.1 Å². The van der Waals surface area contributed by atoms with Gasteiger partial charge in [0.25, 0.3) is 0 Å². The third-order valence-corrected chi connectivity index (χ3v) is 4.64. The molecule has 2 N–H and O–H groups in total. The molecule has 0 saturated carbocycles. The topological polar surface area (TPSA) is 70.6 Å². The fraction of sp³-hybridized carbons (Fsp3) is 0.188. The van der Waals surface area contributed by atoms with Crippen molar-refractivity contribution >= 4 is 16.0 Å². The molecule has 3 rings (SSSR count). The normalized spacial score (nSPS) is 22.7. The number of nitrogens with one attached hydrogen (secondary N) is 2. The quantitative estimate of drug-likeness (QED) is 0.906. The number of hydrogen-bond acceptors (Lipinski definition) is 3. The Hall–Kier alpha value is -2.25. The Morgan fingerprint density at radius 2 is 1.74 bits per heavy atom. The minimum atomic E-state index is -3.73. The standard InChI is InChI=1S/C16H16FN3O2S/c1-11(12-7-3-2-4-8-12)18-16-15(19-23(21,22)20-16)13-9-5-6-10-14(13)17/h2-11,15,19H,1H3,(H,18,20). The largest absolute Gasteiger partial charge is 0.301 e. The summed E-state index contributed by atoms with van der Waals surface area (Å²) in [5.41, 5.74) is 1.18. The number of amidine groups is 1. The van der Waals surface area contributed by atoms with Crippen LogP contribution in [0.5, 0.6) is 0 Å². The zero-order chi connectivity index (χ0) is 16.4. The zero-order valence-electron chi connectivity index (χ0n) is 12.4. The molecule has 1 aliphatic rings. The molecular weight excluding hydrogens is 317 g/mol. The molecule has 0 aliphatic carbocycles. The van der Waals surface area contributed by atoms with Gasteiger partial charge in [-0.3, -0.25) is 9.71 Å². The Labute approximate surface area is 134 Å². The van der Waals surface area contributed by atoms with Gasteiger partial charge in [-0.15, -0.1) is 0 Å². The lowest BCUT2D eigenvalue weighted by Gasteiger charge is -2.13. The molecule has 5 nitrogen and oxygen atoms in total. The third kappa shape index (κ3) is 3.40. The van der Waals surface area contributed by atoms with E-state index in [1.54, 1.807) is 12.1 Å². The van der Waals surface area contributed by atoms with E-state index in [1.807, 2.05) is 37.3 Å². The highest BCUT2D eigenvalue weighted by molar-refractivity contribution is 7.88. The van der Waals surface area contributed by atoms with Crippen LogP contribution in [0.4, 0.5) is 4.39 Å². The molecule has 2 aromatic carbocycles. The summed E-state index contributed by atoms with van der Waals surface area (Å²) in [5.74, 6) is -0.296. The SMILES string of the molecule is CC(N=C1NS(=O)(=O)NC1c1ccccc1F)c1ccccc1. The average molecular weight is 333 g/mol. The van der Waals surface area contributed by atoms with Crippen LogP contribution in [0.2, 0.25) is 0 Å². The fourth-order valence-corrected chi connectivity index (χ4v) is 3.53. The van der Waals surface area contributed by atoms with Crippen LogP contribution >= 0.6 is 0 Å². The first-order chi connectivity index (χ1) is 11.0. The molecule has 0 bridgehead atoms. The van der Waals surface area contributed by atoms with Crippen molar-refractivity contribution in [1.29, 1.82) is 0 Å². The maximum absolute atomic E-state index is 14.0. The Balaban J connectivity index is 1.99. The smallest absolute Gasteiger partial charge is 0.262 e. The molecule has 7 heteroatoms. The number of hydrogen-bond donors (Lipinski definition) is 2. The lowest BCUT2D eigenvalue weighted by atomic mass is 10.1. The number of nitrogens with zero attached hydrogens (tertiary/aromatic N) is 1. The van der Waals surface area contributed by atoms with Crippen LogP contribution in [0.15, 0.2) is 59.6 Å². The monoisotopic (exact) mass is 333 g/mol. The van der Waals surface area contributed by atoms with Crippen molar-refractivity contribution in [3.8, 4) is 0 Å². The highest BCUT2D eigenvalue weighted by Crippen LogP contribution is 2.25. The first-order valence-corrected chi connectivity index (χ1v) is 8.62. The number of rotatable bonds is 3. The van der Waals surface area contributed by atoms with Gasteiger partial charge in [-0.05, 0) is 18.6 Å². The molecule has 2 atom stereocenters.